The highest BCUT2D eigenvalue weighted by atomic mass is 17.5. The maximum Gasteiger partial charge on any atom is 0.543 e. The van der Waals surface area contributed by atoms with Gasteiger partial charge in [-0.2, -0.15) is 0 Å². The normalized spacial score (nSPS) is 11.3. The molecule has 12 nitrogen and oxygen atoms in total. The Labute approximate surface area is 270 Å². The summed E-state index contributed by atoms with van der Waals surface area (Å²) in [4.78, 5) is 64.6. The molecular formula is C34H46O12. The summed E-state index contributed by atoms with van der Waals surface area (Å²) in [7, 11) is 0. The third-order valence-corrected chi connectivity index (χ3v) is 6.88. The number of carbonyl (C=O) groups excluding carboxylic acids is 4. The van der Waals surface area contributed by atoms with Gasteiger partial charge in [-0.3, -0.25) is 9.78 Å². The molecule has 46 heavy (non-hydrogen) atoms. The summed E-state index contributed by atoms with van der Waals surface area (Å²) >= 11 is 0. The summed E-state index contributed by atoms with van der Waals surface area (Å²) in [5, 5.41) is 8.48. The highest BCUT2D eigenvalue weighted by Crippen LogP contribution is 2.23. The molecule has 0 N–H and O–H groups in total. The first-order valence-corrected chi connectivity index (χ1v) is 15.4. The quantitative estimate of drug-likeness (QED) is 0.0704. The van der Waals surface area contributed by atoms with Crippen molar-refractivity contribution in [3.8, 4) is 0 Å². The lowest BCUT2D eigenvalue weighted by Gasteiger charge is -2.18. The fourth-order valence-electron chi connectivity index (χ4n) is 4.08. The van der Waals surface area contributed by atoms with E-state index in [1.165, 1.54) is 0 Å². The Morgan fingerprint density at radius 1 is 0.457 bits per heavy atom. The van der Waals surface area contributed by atoms with E-state index in [-0.39, 0.29) is 35.2 Å². The minimum absolute atomic E-state index is 0.0525. The maximum atomic E-state index is 12.0. The summed E-state index contributed by atoms with van der Waals surface area (Å²) in [6.45, 7) is 12.6. The van der Waals surface area contributed by atoms with E-state index in [1.54, 1.807) is 24.3 Å². The molecule has 0 aliphatic heterocycles. The van der Waals surface area contributed by atoms with E-state index >= 15 is 0 Å². The molecule has 0 bridgehead atoms. The van der Waals surface area contributed by atoms with Gasteiger partial charge in [-0.15, -0.1) is 0 Å². The highest BCUT2D eigenvalue weighted by Gasteiger charge is 2.18. The van der Waals surface area contributed by atoms with Crippen LogP contribution in [-0.4, -0.2) is 37.5 Å². The number of unbranched alkanes of at least 4 members (excludes halogenated alkanes) is 7. The van der Waals surface area contributed by atoms with E-state index in [9.17, 15) is 19.2 Å². The van der Waals surface area contributed by atoms with Crippen molar-refractivity contribution in [1.82, 2.24) is 0 Å². The van der Waals surface area contributed by atoms with Crippen molar-refractivity contribution in [3.05, 3.63) is 70.8 Å². The molecule has 0 saturated heterocycles. The van der Waals surface area contributed by atoms with Crippen molar-refractivity contribution < 1.29 is 58.3 Å². The Kier molecular flexibility index (Phi) is 16.0. The first kappa shape index (κ1) is 38.0. The lowest BCUT2D eigenvalue weighted by atomic mass is 9.87. The molecule has 0 aliphatic rings. The van der Waals surface area contributed by atoms with E-state index in [1.807, 2.05) is 24.3 Å². The van der Waals surface area contributed by atoms with Gasteiger partial charge in [0.25, 0.3) is 0 Å². The molecule has 2 aromatic rings. The number of rotatable bonds is 17. The second kappa shape index (κ2) is 19.4. The van der Waals surface area contributed by atoms with E-state index in [0.717, 1.165) is 49.7 Å². The zero-order chi connectivity index (χ0) is 34.0. The van der Waals surface area contributed by atoms with Gasteiger partial charge in [0.05, 0.1) is 34.4 Å². The van der Waals surface area contributed by atoms with Gasteiger partial charge in [-0.1, -0.05) is 104 Å². The lowest BCUT2D eigenvalue weighted by Crippen LogP contribution is -2.14. The molecule has 0 radical (unpaired) electrons. The molecule has 0 fully saturated rings. The maximum absolute atomic E-state index is 12.0. The highest BCUT2D eigenvalue weighted by molar-refractivity contribution is 5.89. The zero-order valence-electron chi connectivity index (χ0n) is 27.6. The first-order valence-electron chi connectivity index (χ1n) is 15.4. The molecule has 0 amide bonds. The van der Waals surface area contributed by atoms with E-state index in [0.29, 0.717) is 12.8 Å². The Balaban J connectivity index is 1.38. The van der Waals surface area contributed by atoms with Gasteiger partial charge in [-0.05, 0) is 59.1 Å². The van der Waals surface area contributed by atoms with Crippen LogP contribution < -0.4 is 0 Å². The van der Waals surface area contributed by atoms with E-state index < -0.39 is 24.2 Å². The number of hydrogen-bond acceptors (Lipinski definition) is 12. The predicted molar refractivity (Wildman–Crippen MR) is 165 cm³/mol. The minimum atomic E-state index is -1.10. The molecule has 0 spiro atoms. The van der Waals surface area contributed by atoms with Crippen LogP contribution in [-0.2, 0) is 49.9 Å². The average molecular weight is 647 g/mol. The van der Waals surface area contributed by atoms with E-state index in [4.69, 9.17) is 9.47 Å². The monoisotopic (exact) mass is 646 g/mol. The van der Waals surface area contributed by atoms with Crippen LogP contribution in [0.3, 0.4) is 0 Å². The fourth-order valence-corrected chi connectivity index (χ4v) is 4.08. The lowest BCUT2D eigenvalue weighted by molar-refractivity contribution is -0.452. The van der Waals surface area contributed by atoms with Crippen molar-refractivity contribution in [3.63, 3.8) is 0 Å². The van der Waals surface area contributed by atoms with Crippen LogP contribution in [0.2, 0.25) is 0 Å². The summed E-state index contributed by atoms with van der Waals surface area (Å²) in [6, 6.07) is 13.7. The van der Waals surface area contributed by atoms with Crippen molar-refractivity contribution in [2.45, 2.75) is 104 Å². The topological polar surface area (TPSA) is 142 Å². The number of benzene rings is 2. The molecular weight excluding hydrogens is 600 g/mol. The van der Waals surface area contributed by atoms with Crippen LogP contribution in [0.25, 0.3) is 0 Å². The Morgan fingerprint density at radius 2 is 0.761 bits per heavy atom. The van der Waals surface area contributed by atoms with Gasteiger partial charge in [-0.25, -0.2) is 29.0 Å². The van der Waals surface area contributed by atoms with Crippen LogP contribution >= 0.6 is 0 Å². The molecule has 0 atom stereocenters. The SMILES string of the molecule is CC(C)(C)c1ccc(C(=O)OOOC(=O)OCCCCCCCCCCOC(=O)OOOC(=O)c2ccc(C(C)(C)C)cc2)cc1. The third-order valence-electron chi connectivity index (χ3n) is 6.88. The first-order chi connectivity index (χ1) is 21.8. The molecule has 0 heterocycles. The Bertz CT molecular complexity index is 1130. The van der Waals surface area contributed by atoms with Crippen molar-refractivity contribution in [2.75, 3.05) is 13.2 Å². The average Bonchev–Trinajstić information content (AvgIpc) is 3.00. The number of hydrogen-bond donors (Lipinski definition) is 0. The van der Waals surface area contributed by atoms with Crippen LogP contribution in [0, 0.1) is 0 Å². The molecule has 0 aromatic heterocycles. The van der Waals surface area contributed by atoms with Crippen LogP contribution in [0.5, 0.6) is 0 Å². The molecule has 12 heteroatoms. The van der Waals surface area contributed by atoms with Gasteiger partial charge >= 0.3 is 24.2 Å². The van der Waals surface area contributed by atoms with Crippen molar-refractivity contribution >= 4 is 24.2 Å². The van der Waals surface area contributed by atoms with Gasteiger partial charge in [0.15, 0.2) is 0 Å². The smallest absolute Gasteiger partial charge is 0.432 e. The van der Waals surface area contributed by atoms with Gasteiger partial charge < -0.3 is 9.47 Å². The third kappa shape index (κ3) is 15.2. The molecule has 2 rings (SSSR count). The summed E-state index contributed by atoms with van der Waals surface area (Å²) in [5.41, 5.74) is 2.52. The second-order valence-corrected chi connectivity index (χ2v) is 12.7. The zero-order valence-corrected chi connectivity index (χ0v) is 27.6. The van der Waals surface area contributed by atoms with Crippen LogP contribution in [0.15, 0.2) is 48.5 Å². The standard InChI is InChI=1S/C34H46O12/c1-33(2,3)27-19-15-25(16-20-27)29(35)41-45-43-31(37)39-23-13-11-9-7-8-10-12-14-24-40-32(38)44-46-42-30(36)26-17-21-28(22-18-26)34(4,5)6/h15-22H,7-14,23-24H2,1-6H3. The molecule has 0 saturated carbocycles. The second-order valence-electron chi connectivity index (χ2n) is 12.7. The Morgan fingerprint density at radius 3 is 1.07 bits per heavy atom. The summed E-state index contributed by atoms with van der Waals surface area (Å²) < 4.78 is 9.76. The van der Waals surface area contributed by atoms with Gasteiger partial charge in [0.1, 0.15) is 0 Å². The van der Waals surface area contributed by atoms with Gasteiger partial charge in [0, 0.05) is 0 Å². The summed E-state index contributed by atoms with van der Waals surface area (Å²) in [5.74, 6) is -1.60. The molecule has 0 unspecified atom stereocenters. The largest absolute Gasteiger partial charge is 0.543 e. The summed E-state index contributed by atoms with van der Waals surface area (Å²) in [6.07, 6.45) is 4.72. The van der Waals surface area contributed by atoms with Crippen LogP contribution in [0.4, 0.5) is 9.59 Å². The number of ether oxygens (including phenoxy) is 2. The van der Waals surface area contributed by atoms with Crippen molar-refractivity contribution in [2.24, 2.45) is 0 Å². The van der Waals surface area contributed by atoms with E-state index in [2.05, 4.69) is 71.2 Å². The van der Waals surface area contributed by atoms with Crippen molar-refractivity contribution in [1.29, 1.82) is 0 Å². The minimum Gasteiger partial charge on any atom is -0.432 e. The Hall–Kier alpha value is -4.16. The van der Waals surface area contributed by atoms with Gasteiger partial charge in [0.2, 0.25) is 0 Å². The van der Waals surface area contributed by atoms with Crippen LogP contribution in [0.1, 0.15) is 125 Å². The number of carbonyl (C=O) groups is 4. The molecule has 254 valence electrons. The predicted octanol–water partition coefficient (Wildman–Crippen LogP) is 8.42. The molecule has 2 aromatic carbocycles. The fraction of sp³-hybridized carbons (Fsp3) is 0.529. The molecule has 0 aliphatic carbocycles.